The maximum absolute atomic E-state index is 13.7. The first-order valence-electron chi connectivity index (χ1n) is 12.3. The Morgan fingerprint density at radius 3 is 2.54 bits per heavy atom. The Morgan fingerprint density at radius 2 is 1.97 bits per heavy atom. The van der Waals surface area contributed by atoms with E-state index in [2.05, 4.69) is 25.0 Å². The van der Waals surface area contributed by atoms with Gasteiger partial charge in [-0.2, -0.15) is 13.2 Å². The average Bonchev–Trinajstić information content (AvgIpc) is 2.78. The lowest BCUT2D eigenvalue weighted by Crippen LogP contribution is -2.44. The highest BCUT2D eigenvalue weighted by Gasteiger charge is 2.37. The van der Waals surface area contributed by atoms with E-state index in [1.54, 1.807) is 33.9 Å². The number of sulfonamides is 1. The fraction of sp³-hybridized carbons (Fsp3) is 0.560. The third-order valence-electron chi connectivity index (χ3n) is 6.55. The van der Waals surface area contributed by atoms with Crippen LogP contribution in [-0.4, -0.2) is 48.9 Å². The number of aromatic nitrogens is 2. The zero-order valence-corrected chi connectivity index (χ0v) is 22.2. The predicted molar refractivity (Wildman–Crippen MR) is 137 cm³/mol. The quantitative estimate of drug-likeness (QED) is 0.346. The van der Waals surface area contributed by atoms with Crippen molar-refractivity contribution in [1.82, 2.24) is 14.7 Å². The van der Waals surface area contributed by atoms with E-state index in [1.807, 2.05) is 6.21 Å². The van der Waals surface area contributed by atoms with Crippen LogP contribution in [0.4, 0.5) is 24.8 Å². The number of aliphatic imine (C=N–C) groups is 1. The summed E-state index contributed by atoms with van der Waals surface area (Å²) in [5.74, 6) is -0.253. The molecule has 0 spiro atoms. The number of hydrogen-bond donors (Lipinski definition) is 3. The highest BCUT2D eigenvalue weighted by atomic mass is 32.2. The lowest BCUT2D eigenvalue weighted by molar-refractivity contribution is -0.139. The van der Waals surface area contributed by atoms with Crippen molar-refractivity contribution in [3.63, 3.8) is 0 Å². The monoisotopic (exact) mass is 541 g/mol. The molecule has 1 fully saturated rings. The minimum absolute atomic E-state index is 0.0200. The standard InChI is InChI=1S/C25H34F3N5O3S/c1-5-18(7-6-16(3)34)23-21(25(26,27)28)14-30-24(32-23)31-22-9-8-20(10-15(22)2)37(35,36)33-19-11-17(12-19)13-29-4/h8-10,13-14,16-19,33-34H,5-7,11-12H2,1-4H3,(H,30,31,32)/t16-,17?,18-,19?/m1/s1. The molecule has 0 aliphatic heterocycles. The molecule has 1 aromatic heterocycles. The van der Waals surface area contributed by atoms with Crippen LogP contribution >= 0.6 is 0 Å². The van der Waals surface area contributed by atoms with Gasteiger partial charge in [0.15, 0.2) is 0 Å². The molecule has 8 nitrogen and oxygen atoms in total. The average molecular weight is 542 g/mol. The molecule has 1 saturated carbocycles. The van der Waals surface area contributed by atoms with Gasteiger partial charge >= 0.3 is 6.18 Å². The summed E-state index contributed by atoms with van der Waals surface area (Å²) < 4.78 is 69.4. The number of anilines is 2. The number of aryl methyl sites for hydroxylation is 1. The third kappa shape index (κ3) is 7.48. The molecule has 37 heavy (non-hydrogen) atoms. The van der Waals surface area contributed by atoms with E-state index >= 15 is 0 Å². The van der Waals surface area contributed by atoms with Gasteiger partial charge in [-0.15, -0.1) is 0 Å². The summed E-state index contributed by atoms with van der Waals surface area (Å²) in [5.41, 5.74) is 0.0209. The molecular formula is C25H34F3N5O3S. The minimum Gasteiger partial charge on any atom is -0.393 e. The van der Waals surface area contributed by atoms with Gasteiger partial charge in [0, 0.05) is 37.1 Å². The number of benzene rings is 1. The van der Waals surface area contributed by atoms with Crippen LogP contribution in [0.15, 0.2) is 34.3 Å². The van der Waals surface area contributed by atoms with Gasteiger partial charge in [-0.05, 0) is 75.6 Å². The van der Waals surface area contributed by atoms with E-state index in [4.69, 9.17) is 0 Å². The normalized spacial score (nSPS) is 20.0. The van der Waals surface area contributed by atoms with Crippen LogP contribution in [0.1, 0.15) is 68.7 Å². The molecule has 0 amide bonds. The molecular weight excluding hydrogens is 507 g/mol. The Bertz CT molecular complexity index is 1210. The topological polar surface area (TPSA) is 117 Å². The number of nitrogens with zero attached hydrogens (tertiary/aromatic N) is 3. The largest absolute Gasteiger partial charge is 0.419 e. The number of hydrogen-bond acceptors (Lipinski definition) is 7. The second-order valence-corrected chi connectivity index (χ2v) is 11.3. The molecule has 2 atom stereocenters. The zero-order chi connectivity index (χ0) is 27.4. The fourth-order valence-corrected chi connectivity index (χ4v) is 5.75. The number of rotatable bonds is 11. The van der Waals surface area contributed by atoms with E-state index in [1.165, 1.54) is 12.1 Å². The van der Waals surface area contributed by atoms with Gasteiger partial charge in [0.05, 0.1) is 22.3 Å². The molecule has 0 radical (unpaired) electrons. The molecule has 1 aliphatic carbocycles. The van der Waals surface area contributed by atoms with Gasteiger partial charge in [0.2, 0.25) is 16.0 Å². The van der Waals surface area contributed by atoms with E-state index in [0.717, 1.165) is 6.20 Å². The van der Waals surface area contributed by atoms with E-state index < -0.39 is 33.8 Å². The van der Waals surface area contributed by atoms with E-state index in [0.29, 0.717) is 43.4 Å². The van der Waals surface area contributed by atoms with Crippen LogP contribution in [0.3, 0.4) is 0 Å². The molecule has 1 heterocycles. The number of halogens is 3. The lowest BCUT2D eigenvalue weighted by Gasteiger charge is -2.33. The van der Waals surface area contributed by atoms with Crippen molar-refractivity contribution in [2.75, 3.05) is 12.4 Å². The summed E-state index contributed by atoms with van der Waals surface area (Å²) in [6.07, 6.45) is -0.170. The van der Waals surface area contributed by atoms with E-state index in [9.17, 15) is 26.7 Å². The van der Waals surface area contributed by atoms with Crippen molar-refractivity contribution in [2.24, 2.45) is 10.9 Å². The summed E-state index contributed by atoms with van der Waals surface area (Å²) in [6, 6.07) is 4.33. The Kier molecular flexibility index (Phi) is 9.30. The van der Waals surface area contributed by atoms with Gasteiger partial charge in [-0.3, -0.25) is 0 Å². The maximum atomic E-state index is 13.7. The van der Waals surface area contributed by atoms with Crippen molar-refractivity contribution in [3.8, 4) is 0 Å². The first-order chi connectivity index (χ1) is 17.3. The Hall–Kier alpha value is -2.57. The van der Waals surface area contributed by atoms with Gasteiger partial charge in [-0.1, -0.05) is 6.92 Å². The Morgan fingerprint density at radius 1 is 1.27 bits per heavy atom. The molecule has 3 N–H and O–H groups in total. The molecule has 0 saturated heterocycles. The van der Waals surface area contributed by atoms with Gasteiger partial charge in [0.1, 0.15) is 0 Å². The van der Waals surface area contributed by atoms with Crippen molar-refractivity contribution in [3.05, 3.63) is 41.2 Å². The number of aliphatic hydroxyl groups is 1. The molecule has 12 heteroatoms. The summed E-state index contributed by atoms with van der Waals surface area (Å²) in [7, 11) is -2.04. The molecule has 0 bridgehead atoms. The summed E-state index contributed by atoms with van der Waals surface area (Å²) in [4.78, 5) is 12.2. The second kappa shape index (κ2) is 11.9. The molecule has 3 rings (SSSR count). The Labute approximate surface area is 215 Å². The zero-order valence-electron chi connectivity index (χ0n) is 21.4. The molecule has 1 aromatic carbocycles. The number of nitrogens with one attached hydrogen (secondary N) is 2. The first kappa shape index (κ1) is 29.0. The third-order valence-corrected chi connectivity index (χ3v) is 8.07. The van der Waals surface area contributed by atoms with Gasteiger partial charge in [0.25, 0.3) is 0 Å². The van der Waals surface area contributed by atoms with Gasteiger partial charge < -0.3 is 15.4 Å². The smallest absolute Gasteiger partial charge is 0.393 e. The number of aliphatic hydroxyl groups excluding tert-OH is 1. The maximum Gasteiger partial charge on any atom is 0.419 e. The fourth-order valence-electron chi connectivity index (χ4n) is 4.40. The predicted octanol–water partition coefficient (Wildman–Crippen LogP) is 4.96. The van der Waals surface area contributed by atoms with Crippen molar-refractivity contribution in [2.45, 2.75) is 82.0 Å². The highest BCUT2D eigenvalue weighted by molar-refractivity contribution is 7.89. The lowest BCUT2D eigenvalue weighted by atomic mass is 9.82. The van der Waals surface area contributed by atoms with Crippen LogP contribution < -0.4 is 10.0 Å². The van der Waals surface area contributed by atoms with Crippen molar-refractivity contribution in [1.29, 1.82) is 0 Å². The van der Waals surface area contributed by atoms with Crippen LogP contribution in [0.2, 0.25) is 0 Å². The van der Waals surface area contributed by atoms with E-state index in [-0.39, 0.29) is 28.5 Å². The molecule has 204 valence electrons. The summed E-state index contributed by atoms with van der Waals surface area (Å²) in [5, 5.41) is 12.5. The second-order valence-electron chi connectivity index (χ2n) is 9.58. The van der Waals surface area contributed by atoms with Crippen molar-refractivity contribution < 1.29 is 26.7 Å². The molecule has 0 unspecified atom stereocenters. The Balaban J connectivity index is 1.81. The first-order valence-corrected chi connectivity index (χ1v) is 13.8. The molecule has 1 aliphatic rings. The summed E-state index contributed by atoms with van der Waals surface area (Å²) in [6.45, 7) is 5.07. The highest BCUT2D eigenvalue weighted by Crippen LogP contribution is 2.37. The van der Waals surface area contributed by atoms with Gasteiger partial charge in [-0.25, -0.2) is 23.1 Å². The van der Waals surface area contributed by atoms with Crippen LogP contribution in [-0.2, 0) is 16.2 Å². The van der Waals surface area contributed by atoms with Crippen LogP contribution in [0.5, 0.6) is 0 Å². The van der Waals surface area contributed by atoms with Crippen LogP contribution in [0.25, 0.3) is 0 Å². The minimum atomic E-state index is -4.62. The number of alkyl halides is 3. The SMILES string of the molecule is CC[C@H](CC[C@@H](C)O)c1nc(Nc2ccc(S(=O)(=O)NC3CC(C=NC)C3)cc2C)ncc1C(F)(F)F. The summed E-state index contributed by atoms with van der Waals surface area (Å²) >= 11 is 0. The molecule has 2 aromatic rings. The van der Waals surface area contributed by atoms with Crippen molar-refractivity contribution >= 4 is 27.9 Å². The van der Waals surface area contributed by atoms with Crippen LogP contribution in [0, 0.1) is 12.8 Å².